The van der Waals surface area contributed by atoms with Gasteiger partial charge in [0.25, 0.3) is 0 Å². The smallest absolute Gasteiger partial charge is 0.167 e. The van der Waals surface area contributed by atoms with Gasteiger partial charge < -0.3 is 9.47 Å². The van der Waals surface area contributed by atoms with E-state index in [-0.39, 0.29) is 0 Å². The molecule has 0 spiro atoms. The topological polar surface area (TPSA) is 18.5 Å². The SMILES string of the molecule is CCOc1cccc(C=C(C)CBr)c1OC. The maximum Gasteiger partial charge on any atom is 0.167 e. The van der Waals surface area contributed by atoms with E-state index in [0.717, 1.165) is 22.4 Å². The van der Waals surface area contributed by atoms with Crippen LogP contribution in [-0.4, -0.2) is 19.0 Å². The largest absolute Gasteiger partial charge is 0.492 e. The summed E-state index contributed by atoms with van der Waals surface area (Å²) in [5.74, 6) is 1.59. The van der Waals surface area contributed by atoms with Crippen LogP contribution in [0.5, 0.6) is 11.5 Å². The lowest BCUT2D eigenvalue weighted by atomic mass is 10.1. The number of alkyl halides is 1. The third-order valence-electron chi connectivity index (χ3n) is 2.13. The quantitative estimate of drug-likeness (QED) is 0.764. The number of allylic oxidation sites excluding steroid dienone is 1. The predicted molar refractivity (Wildman–Crippen MR) is 71.6 cm³/mol. The van der Waals surface area contributed by atoms with Crippen LogP contribution in [-0.2, 0) is 0 Å². The first-order valence-electron chi connectivity index (χ1n) is 5.25. The van der Waals surface area contributed by atoms with Gasteiger partial charge >= 0.3 is 0 Å². The number of hydrogen-bond donors (Lipinski definition) is 0. The van der Waals surface area contributed by atoms with E-state index in [1.165, 1.54) is 5.57 Å². The minimum absolute atomic E-state index is 0.640. The van der Waals surface area contributed by atoms with Crippen molar-refractivity contribution in [3.05, 3.63) is 29.3 Å². The normalized spacial score (nSPS) is 11.4. The first kappa shape index (κ1) is 13.1. The fourth-order valence-electron chi connectivity index (χ4n) is 1.44. The highest BCUT2D eigenvalue weighted by Gasteiger charge is 2.07. The van der Waals surface area contributed by atoms with Crippen molar-refractivity contribution in [1.82, 2.24) is 0 Å². The van der Waals surface area contributed by atoms with Gasteiger partial charge in [-0.3, -0.25) is 0 Å². The van der Waals surface area contributed by atoms with Crippen molar-refractivity contribution in [3.63, 3.8) is 0 Å². The molecule has 0 aliphatic heterocycles. The molecule has 1 aromatic rings. The van der Waals surface area contributed by atoms with Crippen molar-refractivity contribution >= 4 is 22.0 Å². The average molecular weight is 285 g/mol. The fraction of sp³-hybridized carbons (Fsp3) is 0.385. The van der Waals surface area contributed by atoms with Crippen LogP contribution in [0.3, 0.4) is 0 Å². The summed E-state index contributed by atoms with van der Waals surface area (Å²) in [5, 5.41) is 0.856. The Kier molecular flexibility index (Phi) is 5.39. The van der Waals surface area contributed by atoms with Gasteiger partial charge in [0.2, 0.25) is 0 Å². The molecule has 0 saturated carbocycles. The second kappa shape index (κ2) is 6.59. The molecule has 0 amide bonds. The van der Waals surface area contributed by atoms with E-state index in [2.05, 4.69) is 28.9 Å². The molecule has 1 rings (SSSR count). The monoisotopic (exact) mass is 284 g/mol. The van der Waals surface area contributed by atoms with E-state index in [4.69, 9.17) is 9.47 Å². The summed E-state index contributed by atoms with van der Waals surface area (Å²) in [5.41, 5.74) is 2.29. The molecule has 1 aromatic carbocycles. The molecule has 3 heteroatoms. The van der Waals surface area contributed by atoms with Crippen LogP contribution in [0.25, 0.3) is 6.08 Å². The number of methoxy groups -OCH3 is 1. The van der Waals surface area contributed by atoms with E-state index in [9.17, 15) is 0 Å². The molecular formula is C13H17BrO2. The highest BCUT2D eigenvalue weighted by molar-refractivity contribution is 9.09. The summed E-state index contributed by atoms with van der Waals surface area (Å²) in [6.45, 7) is 4.67. The number of hydrogen-bond acceptors (Lipinski definition) is 2. The standard InChI is InChI=1S/C13H17BrO2/c1-4-16-12-7-5-6-11(13(12)15-3)8-10(2)9-14/h5-8H,4,9H2,1-3H3. The Balaban J connectivity index is 3.13. The molecule has 0 fully saturated rings. The second-order valence-corrected chi connectivity index (χ2v) is 4.00. The van der Waals surface area contributed by atoms with Crippen LogP contribution in [0.15, 0.2) is 23.8 Å². The van der Waals surface area contributed by atoms with Crippen LogP contribution in [0.4, 0.5) is 0 Å². The van der Waals surface area contributed by atoms with Gasteiger partial charge in [-0.25, -0.2) is 0 Å². The van der Waals surface area contributed by atoms with Gasteiger partial charge in [0, 0.05) is 10.9 Å². The van der Waals surface area contributed by atoms with E-state index in [1.54, 1.807) is 7.11 Å². The van der Waals surface area contributed by atoms with Crippen molar-refractivity contribution in [2.24, 2.45) is 0 Å². The van der Waals surface area contributed by atoms with Crippen LogP contribution < -0.4 is 9.47 Å². The predicted octanol–water partition coefficient (Wildman–Crippen LogP) is 3.89. The van der Waals surface area contributed by atoms with Gasteiger partial charge in [-0.1, -0.05) is 39.7 Å². The molecule has 0 unspecified atom stereocenters. The number of ether oxygens (including phenoxy) is 2. The Morgan fingerprint density at radius 1 is 1.44 bits per heavy atom. The van der Waals surface area contributed by atoms with E-state index in [1.807, 2.05) is 25.1 Å². The zero-order valence-electron chi connectivity index (χ0n) is 9.92. The highest BCUT2D eigenvalue weighted by atomic mass is 79.9. The van der Waals surface area contributed by atoms with Gasteiger partial charge in [-0.05, 0) is 19.9 Å². The summed E-state index contributed by atoms with van der Waals surface area (Å²) < 4.78 is 10.9. The Hall–Kier alpha value is -0.960. The van der Waals surface area contributed by atoms with Crippen molar-refractivity contribution in [2.45, 2.75) is 13.8 Å². The molecule has 0 radical (unpaired) electrons. The first-order chi connectivity index (χ1) is 7.72. The van der Waals surface area contributed by atoms with E-state index in [0.29, 0.717) is 6.61 Å². The van der Waals surface area contributed by atoms with Crippen LogP contribution in [0.1, 0.15) is 19.4 Å². The van der Waals surface area contributed by atoms with Crippen molar-refractivity contribution < 1.29 is 9.47 Å². The fourth-order valence-corrected chi connectivity index (χ4v) is 1.60. The third kappa shape index (κ3) is 3.27. The minimum atomic E-state index is 0.640. The Bertz CT molecular complexity index is 372. The second-order valence-electron chi connectivity index (χ2n) is 3.44. The zero-order valence-corrected chi connectivity index (χ0v) is 11.5. The molecule has 0 aliphatic rings. The van der Waals surface area contributed by atoms with E-state index < -0.39 is 0 Å². The summed E-state index contributed by atoms with van der Waals surface area (Å²) >= 11 is 3.43. The van der Waals surface area contributed by atoms with Gasteiger partial charge in [0.05, 0.1) is 13.7 Å². The molecule has 0 aromatic heterocycles. The Morgan fingerprint density at radius 3 is 2.75 bits per heavy atom. The molecule has 0 heterocycles. The van der Waals surface area contributed by atoms with Crippen molar-refractivity contribution in [1.29, 1.82) is 0 Å². The molecule has 0 aliphatic carbocycles. The number of para-hydroxylation sites is 1. The summed E-state index contributed by atoms with van der Waals surface area (Å²) in [6, 6.07) is 5.91. The minimum Gasteiger partial charge on any atom is -0.492 e. The van der Waals surface area contributed by atoms with Gasteiger partial charge in [-0.15, -0.1) is 0 Å². The zero-order chi connectivity index (χ0) is 12.0. The van der Waals surface area contributed by atoms with Crippen LogP contribution in [0.2, 0.25) is 0 Å². The molecule has 88 valence electrons. The number of benzene rings is 1. The lowest BCUT2D eigenvalue weighted by Crippen LogP contribution is -1.97. The average Bonchev–Trinajstić information content (AvgIpc) is 2.29. The van der Waals surface area contributed by atoms with Crippen molar-refractivity contribution in [2.75, 3.05) is 19.0 Å². The molecule has 0 N–H and O–H groups in total. The number of rotatable bonds is 5. The van der Waals surface area contributed by atoms with Gasteiger partial charge in [-0.2, -0.15) is 0 Å². The lowest BCUT2D eigenvalue weighted by molar-refractivity contribution is 0.310. The summed E-state index contributed by atoms with van der Waals surface area (Å²) in [4.78, 5) is 0. The maximum absolute atomic E-state index is 5.52. The Labute approximate surface area is 105 Å². The third-order valence-corrected chi connectivity index (χ3v) is 3.01. The molecule has 16 heavy (non-hydrogen) atoms. The van der Waals surface area contributed by atoms with Crippen LogP contribution >= 0.6 is 15.9 Å². The Morgan fingerprint density at radius 2 is 2.19 bits per heavy atom. The lowest BCUT2D eigenvalue weighted by Gasteiger charge is -2.11. The molecule has 2 nitrogen and oxygen atoms in total. The molecule has 0 bridgehead atoms. The summed E-state index contributed by atoms with van der Waals surface area (Å²) in [7, 11) is 1.67. The maximum atomic E-state index is 5.52. The molecule has 0 saturated heterocycles. The molecule has 0 atom stereocenters. The number of halogens is 1. The van der Waals surface area contributed by atoms with Crippen LogP contribution in [0, 0.1) is 0 Å². The van der Waals surface area contributed by atoms with E-state index >= 15 is 0 Å². The first-order valence-corrected chi connectivity index (χ1v) is 6.38. The molecular weight excluding hydrogens is 268 g/mol. The highest BCUT2D eigenvalue weighted by Crippen LogP contribution is 2.32. The van der Waals surface area contributed by atoms with Gasteiger partial charge in [0.1, 0.15) is 0 Å². The van der Waals surface area contributed by atoms with Crippen molar-refractivity contribution in [3.8, 4) is 11.5 Å². The summed E-state index contributed by atoms with van der Waals surface area (Å²) in [6.07, 6.45) is 2.09. The van der Waals surface area contributed by atoms with Gasteiger partial charge in [0.15, 0.2) is 11.5 Å².